The van der Waals surface area contributed by atoms with Gasteiger partial charge in [0.1, 0.15) is 0 Å². The van der Waals surface area contributed by atoms with Crippen molar-refractivity contribution in [3.8, 4) is 33.6 Å². The Kier molecular flexibility index (Phi) is 7.66. The van der Waals surface area contributed by atoms with E-state index in [1.54, 1.807) is 40.1 Å². The summed E-state index contributed by atoms with van der Waals surface area (Å²) in [6.07, 6.45) is 6.93. The second kappa shape index (κ2) is 11.5. The van der Waals surface area contributed by atoms with E-state index in [2.05, 4.69) is 15.4 Å². The fourth-order valence-corrected chi connectivity index (χ4v) is 5.93. The molecular formula is C32H28Cl2N6O2. The molecule has 212 valence electrons. The van der Waals surface area contributed by atoms with Crippen LogP contribution < -0.4 is 10.9 Å². The van der Waals surface area contributed by atoms with Crippen LogP contribution in [0.3, 0.4) is 0 Å². The molecule has 4 heterocycles. The quantitative estimate of drug-likeness (QED) is 0.240. The predicted octanol–water partition coefficient (Wildman–Crippen LogP) is 7.03. The van der Waals surface area contributed by atoms with Gasteiger partial charge in [0.05, 0.1) is 41.3 Å². The number of benzene rings is 2. The molecule has 5 aromatic rings. The van der Waals surface area contributed by atoms with Gasteiger partial charge in [-0.1, -0.05) is 60.8 Å². The van der Waals surface area contributed by atoms with Gasteiger partial charge in [-0.3, -0.25) is 23.8 Å². The third kappa shape index (κ3) is 5.35. The molecule has 0 radical (unpaired) electrons. The van der Waals surface area contributed by atoms with Crippen LogP contribution in [0.2, 0.25) is 10.0 Å². The summed E-state index contributed by atoms with van der Waals surface area (Å²) in [6.45, 7) is 1.91. The molecule has 1 N–H and O–H groups in total. The summed E-state index contributed by atoms with van der Waals surface area (Å²) < 4.78 is 3.35. The number of pyridine rings is 1. The summed E-state index contributed by atoms with van der Waals surface area (Å²) >= 11 is 12.9. The number of rotatable bonds is 3. The minimum absolute atomic E-state index is 0.0605. The summed E-state index contributed by atoms with van der Waals surface area (Å²) in [6, 6.07) is 18.0. The molecule has 2 bridgehead atoms. The first-order valence-electron chi connectivity index (χ1n) is 13.7. The van der Waals surface area contributed by atoms with Crippen LogP contribution >= 0.6 is 23.2 Å². The van der Waals surface area contributed by atoms with Crippen molar-refractivity contribution >= 4 is 34.8 Å². The lowest BCUT2D eigenvalue weighted by atomic mass is 9.96. The minimum atomic E-state index is -0.382. The second-order valence-electron chi connectivity index (χ2n) is 10.5. The highest BCUT2D eigenvalue weighted by Crippen LogP contribution is 2.37. The molecule has 2 aromatic carbocycles. The number of aryl methyl sites for hydroxylation is 1. The highest BCUT2D eigenvalue weighted by molar-refractivity contribution is 6.34. The summed E-state index contributed by atoms with van der Waals surface area (Å²) in [5.74, 6) is -0.276. The molecule has 42 heavy (non-hydrogen) atoms. The van der Waals surface area contributed by atoms with Gasteiger partial charge in [0.25, 0.3) is 5.56 Å². The number of nitrogens with one attached hydrogen (secondary N) is 1. The zero-order chi connectivity index (χ0) is 29.4. The van der Waals surface area contributed by atoms with Gasteiger partial charge >= 0.3 is 0 Å². The topological polar surface area (TPSA) is 94.7 Å². The Morgan fingerprint density at radius 2 is 1.76 bits per heavy atom. The highest BCUT2D eigenvalue weighted by Gasteiger charge is 2.24. The number of halogens is 2. The Hall–Kier alpha value is -4.27. The average Bonchev–Trinajstić information content (AvgIpc) is 3.35. The molecule has 6 rings (SSSR count). The predicted molar refractivity (Wildman–Crippen MR) is 166 cm³/mol. The molecule has 1 amide bonds. The molecular weight excluding hydrogens is 571 g/mol. The number of nitrogens with zero attached hydrogens (tertiary/aromatic N) is 5. The van der Waals surface area contributed by atoms with E-state index in [9.17, 15) is 9.59 Å². The maximum atomic E-state index is 13.8. The van der Waals surface area contributed by atoms with E-state index in [0.29, 0.717) is 46.3 Å². The van der Waals surface area contributed by atoms with Crippen molar-refractivity contribution in [1.29, 1.82) is 0 Å². The minimum Gasteiger partial charge on any atom is -0.323 e. The van der Waals surface area contributed by atoms with Gasteiger partial charge in [0.15, 0.2) is 0 Å². The number of carbonyl (C=O) groups is 1. The second-order valence-corrected chi connectivity index (χ2v) is 11.4. The first-order valence-corrected chi connectivity index (χ1v) is 14.5. The SMILES string of the molecule is CC1CCCC(n2cnc(-c3cc(Cl)ccc3-c3ccccc3Cl)cc2=O)c2cc(ccn2)-c2c(cnn2C)NC1=O. The molecule has 0 fully saturated rings. The van der Waals surface area contributed by atoms with E-state index >= 15 is 0 Å². The van der Waals surface area contributed by atoms with E-state index in [4.69, 9.17) is 28.2 Å². The van der Waals surface area contributed by atoms with Crippen LogP contribution in [0.4, 0.5) is 5.69 Å². The molecule has 3 aromatic heterocycles. The van der Waals surface area contributed by atoms with Gasteiger partial charge in [-0.2, -0.15) is 5.10 Å². The highest BCUT2D eigenvalue weighted by atomic mass is 35.5. The van der Waals surface area contributed by atoms with Gasteiger partial charge in [-0.25, -0.2) is 4.98 Å². The molecule has 1 aliphatic rings. The van der Waals surface area contributed by atoms with Gasteiger partial charge in [-0.15, -0.1) is 0 Å². The van der Waals surface area contributed by atoms with Crippen molar-refractivity contribution in [3.05, 3.63) is 105 Å². The van der Waals surface area contributed by atoms with Crippen molar-refractivity contribution < 1.29 is 4.79 Å². The molecule has 1 aliphatic heterocycles. The monoisotopic (exact) mass is 598 g/mol. The lowest BCUT2D eigenvalue weighted by Crippen LogP contribution is -2.27. The standard InChI is InChI=1S/C32H28Cl2N6O2/c1-19-6-5-9-29(27-14-20(12-13-35-27)31-28(38-32(19)42)17-37-39(31)2)40-18-36-26(16-30(40)41)24-15-21(33)10-11-22(24)23-7-3-4-8-25(23)34/h3-4,7-8,10-19,29H,5-6,9H2,1-2H3,(H,38,42). The normalized spacial score (nSPS) is 17.1. The largest absolute Gasteiger partial charge is 0.323 e. The van der Waals surface area contributed by atoms with E-state index in [1.165, 1.54) is 6.07 Å². The number of hydrogen-bond acceptors (Lipinski definition) is 5. The van der Waals surface area contributed by atoms with Crippen molar-refractivity contribution in [2.45, 2.75) is 32.2 Å². The summed E-state index contributed by atoms with van der Waals surface area (Å²) in [4.78, 5) is 36.1. The fraction of sp³-hybridized carbons (Fsp3) is 0.219. The molecule has 10 heteroatoms. The summed E-state index contributed by atoms with van der Waals surface area (Å²) in [5.41, 5.74) is 5.62. The van der Waals surface area contributed by atoms with Crippen LogP contribution in [0.1, 0.15) is 37.9 Å². The Bertz CT molecular complexity index is 1860. The Labute approximate surface area is 253 Å². The Morgan fingerprint density at radius 1 is 0.929 bits per heavy atom. The van der Waals surface area contributed by atoms with Crippen LogP contribution in [-0.2, 0) is 11.8 Å². The third-order valence-corrected chi connectivity index (χ3v) is 8.31. The van der Waals surface area contributed by atoms with Crippen LogP contribution in [0.15, 0.2) is 84.2 Å². The van der Waals surface area contributed by atoms with Crippen molar-refractivity contribution in [1.82, 2.24) is 24.3 Å². The average molecular weight is 600 g/mol. The maximum Gasteiger partial charge on any atom is 0.254 e. The summed E-state index contributed by atoms with van der Waals surface area (Å²) in [5, 5.41) is 8.52. The zero-order valence-electron chi connectivity index (χ0n) is 23.1. The third-order valence-electron chi connectivity index (χ3n) is 7.75. The number of carbonyl (C=O) groups excluding carboxylic acids is 1. The van der Waals surface area contributed by atoms with E-state index in [1.807, 2.05) is 56.4 Å². The van der Waals surface area contributed by atoms with Crippen molar-refractivity contribution in [3.63, 3.8) is 0 Å². The number of fused-ring (bicyclic) bond motifs is 4. The number of anilines is 1. The smallest absolute Gasteiger partial charge is 0.254 e. The fourth-order valence-electron chi connectivity index (χ4n) is 5.52. The van der Waals surface area contributed by atoms with Gasteiger partial charge in [-0.05, 0) is 48.7 Å². The van der Waals surface area contributed by atoms with E-state index in [-0.39, 0.29) is 23.4 Å². The van der Waals surface area contributed by atoms with E-state index < -0.39 is 0 Å². The first kappa shape index (κ1) is 27.9. The van der Waals surface area contributed by atoms with Gasteiger partial charge < -0.3 is 5.32 Å². The molecule has 2 atom stereocenters. The molecule has 0 saturated carbocycles. The first-order chi connectivity index (χ1) is 20.3. The van der Waals surface area contributed by atoms with Gasteiger partial charge in [0, 0.05) is 52.0 Å². The van der Waals surface area contributed by atoms with E-state index in [0.717, 1.165) is 28.1 Å². The number of hydrogen-bond donors (Lipinski definition) is 1. The molecule has 0 spiro atoms. The lowest BCUT2D eigenvalue weighted by Gasteiger charge is -2.22. The lowest BCUT2D eigenvalue weighted by molar-refractivity contribution is -0.119. The Morgan fingerprint density at radius 3 is 2.57 bits per heavy atom. The molecule has 0 saturated heterocycles. The maximum absolute atomic E-state index is 13.8. The number of amides is 1. The van der Waals surface area contributed by atoms with Crippen molar-refractivity contribution in [2.75, 3.05) is 5.32 Å². The number of aromatic nitrogens is 5. The molecule has 0 aliphatic carbocycles. The van der Waals surface area contributed by atoms with Crippen LogP contribution in [-0.4, -0.2) is 30.2 Å². The molecule has 2 unspecified atom stereocenters. The zero-order valence-corrected chi connectivity index (χ0v) is 24.6. The Balaban J connectivity index is 1.44. The summed E-state index contributed by atoms with van der Waals surface area (Å²) in [7, 11) is 1.83. The van der Waals surface area contributed by atoms with Crippen molar-refractivity contribution in [2.24, 2.45) is 13.0 Å². The van der Waals surface area contributed by atoms with Crippen LogP contribution in [0.25, 0.3) is 33.6 Å². The van der Waals surface area contributed by atoms with Crippen LogP contribution in [0, 0.1) is 5.92 Å². The van der Waals surface area contributed by atoms with Crippen LogP contribution in [0.5, 0.6) is 0 Å². The van der Waals surface area contributed by atoms with Gasteiger partial charge in [0.2, 0.25) is 5.91 Å². The molecule has 8 nitrogen and oxygen atoms in total.